The van der Waals surface area contributed by atoms with E-state index < -0.39 is 0 Å². The van der Waals surface area contributed by atoms with Gasteiger partial charge in [0.05, 0.1) is 9.72 Å². The summed E-state index contributed by atoms with van der Waals surface area (Å²) in [6.45, 7) is 2.10. The predicted molar refractivity (Wildman–Crippen MR) is 59.3 cm³/mol. The first kappa shape index (κ1) is 8.54. The van der Waals surface area contributed by atoms with Crippen molar-refractivity contribution in [1.29, 1.82) is 0 Å². The number of thiophene rings is 1. The van der Waals surface area contributed by atoms with Crippen LogP contribution in [0.3, 0.4) is 0 Å². The van der Waals surface area contributed by atoms with Gasteiger partial charge in [0.25, 0.3) is 0 Å². The standard InChI is InChI=1S/C9H6BrClS/c1-5-4-12-9-6(5)2-3-7(10)8(9)11/h2-4H,1H3. The summed E-state index contributed by atoms with van der Waals surface area (Å²) in [4.78, 5) is 0. The van der Waals surface area contributed by atoms with Crippen LogP contribution in [0.1, 0.15) is 5.56 Å². The number of rotatable bonds is 0. The minimum Gasteiger partial charge on any atom is -0.142 e. The summed E-state index contributed by atoms with van der Waals surface area (Å²) in [7, 11) is 0. The number of benzene rings is 1. The smallest absolute Gasteiger partial charge is 0.0726 e. The van der Waals surface area contributed by atoms with Crippen LogP contribution in [0.2, 0.25) is 5.02 Å². The minimum atomic E-state index is 0.825. The zero-order chi connectivity index (χ0) is 8.72. The molecule has 0 radical (unpaired) electrons. The zero-order valence-electron chi connectivity index (χ0n) is 6.40. The monoisotopic (exact) mass is 260 g/mol. The molecule has 1 heterocycles. The highest BCUT2D eigenvalue weighted by Gasteiger charge is 2.06. The molecule has 0 aliphatic heterocycles. The van der Waals surface area contributed by atoms with Gasteiger partial charge in [0.2, 0.25) is 0 Å². The molecule has 0 saturated heterocycles. The molecule has 12 heavy (non-hydrogen) atoms. The molecule has 0 atom stereocenters. The van der Waals surface area contributed by atoms with Crippen LogP contribution in [0.5, 0.6) is 0 Å². The quantitative estimate of drug-likeness (QED) is 0.649. The molecule has 2 aromatic rings. The highest BCUT2D eigenvalue weighted by molar-refractivity contribution is 9.10. The van der Waals surface area contributed by atoms with Gasteiger partial charge in [-0.1, -0.05) is 17.7 Å². The Labute approximate surface area is 88.3 Å². The fraction of sp³-hybridized carbons (Fsp3) is 0.111. The number of hydrogen-bond donors (Lipinski definition) is 0. The topological polar surface area (TPSA) is 0 Å². The Kier molecular flexibility index (Phi) is 2.15. The largest absolute Gasteiger partial charge is 0.142 e. The Morgan fingerprint density at radius 1 is 1.42 bits per heavy atom. The third-order valence-electron chi connectivity index (χ3n) is 1.83. The van der Waals surface area contributed by atoms with Crippen molar-refractivity contribution in [3.63, 3.8) is 0 Å². The van der Waals surface area contributed by atoms with Crippen LogP contribution < -0.4 is 0 Å². The van der Waals surface area contributed by atoms with Crippen molar-refractivity contribution in [2.75, 3.05) is 0 Å². The third kappa shape index (κ3) is 1.18. The lowest BCUT2D eigenvalue weighted by molar-refractivity contribution is 1.59. The van der Waals surface area contributed by atoms with Crippen LogP contribution in [0.4, 0.5) is 0 Å². The molecule has 0 spiro atoms. The van der Waals surface area contributed by atoms with Crippen molar-refractivity contribution in [1.82, 2.24) is 0 Å². The summed E-state index contributed by atoms with van der Waals surface area (Å²) in [5.74, 6) is 0. The molecule has 0 bridgehead atoms. The highest BCUT2D eigenvalue weighted by atomic mass is 79.9. The summed E-state index contributed by atoms with van der Waals surface area (Å²) in [6.07, 6.45) is 0. The Hall–Kier alpha value is -0.0500. The number of hydrogen-bond acceptors (Lipinski definition) is 1. The van der Waals surface area contributed by atoms with Crippen molar-refractivity contribution < 1.29 is 0 Å². The molecule has 0 aliphatic rings. The van der Waals surface area contributed by atoms with Crippen LogP contribution in [0, 0.1) is 6.92 Å². The Morgan fingerprint density at radius 2 is 2.17 bits per heavy atom. The minimum absolute atomic E-state index is 0.825. The highest BCUT2D eigenvalue weighted by Crippen LogP contribution is 2.36. The van der Waals surface area contributed by atoms with Gasteiger partial charge < -0.3 is 0 Å². The Bertz CT molecular complexity index is 433. The van der Waals surface area contributed by atoms with E-state index >= 15 is 0 Å². The van der Waals surface area contributed by atoms with Crippen molar-refractivity contribution in [2.24, 2.45) is 0 Å². The third-order valence-corrected chi connectivity index (χ3v) is 4.35. The average Bonchev–Trinajstić information content (AvgIpc) is 2.41. The number of aryl methyl sites for hydroxylation is 1. The van der Waals surface area contributed by atoms with Crippen LogP contribution in [-0.4, -0.2) is 0 Å². The molecule has 62 valence electrons. The summed E-state index contributed by atoms with van der Waals surface area (Å²) >= 11 is 11.2. The first-order valence-electron chi connectivity index (χ1n) is 3.52. The predicted octanol–water partition coefficient (Wildman–Crippen LogP) is 4.63. The van der Waals surface area contributed by atoms with Gasteiger partial charge in [0, 0.05) is 4.47 Å². The molecule has 0 nitrogen and oxygen atoms in total. The van der Waals surface area contributed by atoms with Crippen LogP contribution in [0.25, 0.3) is 10.1 Å². The second-order valence-corrected chi connectivity index (χ2v) is 4.77. The lowest BCUT2D eigenvalue weighted by Crippen LogP contribution is -1.70. The van der Waals surface area contributed by atoms with E-state index in [1.165, 1.54) is 15.6 Å². The Balaban J connectivity index is 2.93. The number of halogens is 2. The van der Waals surface area contributed by atoms with Gasteiger partial charge in [-0.25, -0.2) is 0 Å². The van der Waals surface area contributed by atoms with Crippen LogP contribution in [0.15, 0.2) is 22.0 Å². The fourth-order valence-corrected chi connectivity index (χ4v) is 2.92. The zero-order valence-corrected chi connectivity index (χ0v) is 9.55. The summed E-state index contributed by atoms with van der Waals surface area (Å²) in [6, 6.07) is 4.08. The van der Waals surface area contributed by atoms with E-state index in [1.807, 2.05) is 6.07 Å². The molecular weight excluding hydrogens is 256 g/mol. The summed E-state index contributed by atoms with van der Waals surface area (Å²) < 4.78 is 2.14. The Morgan fingerprint density at radius 3 is 2.92 bits per heavy atom. The maximum absolute atomic E-state index is 6.10. The normalized spacial score (nSPS) is 10.9. The van der Waals surface area contributed by atoms with Crippen LogP contribution in [-0.2, 0) is 0 Å². The first-order valence-corrected chi connectivity index (χ1v) is 5.57. The van der Waals surface area contributed by atoms with Gasteiger partial charge in [-0.15, -0.1) is 11.3 Å². The van der Waals surface area contributed by atoms with Gasteiger partial charge in [-0.2, -0.15) is 0 Å². The molecule has 0 unspecified atom stereocenters. The lowest BCUT2D eigenvalue weighted by atomic mass is 10.2. The van der Waals surface area contributed by atoms with Gasteiger partial charge >= 0.3 is 0 Å². The molecule has 0 aliphatic carbocycles. The van der Waals surface area contributed by atoms with Gasteiger partial charge in [0.15, 0.2) is 0 Å². The second kappa shape index (κ2) is 3.02. The van der Waals surface area contributed by atoms with Gasteiger partial charge in [-0.05, 0) is 45.2 Å². The lowest BCUT2D eigenvalue weighted by Gasteiger charge is -1.96. The van der Waals surface area contributed by atoms with E-state index in [0.29, 0.717) is 0 Å². The van der Waals surface area contributed by atoms with Crippen molar-refractivity contribution in [3.8, 4) is 0 Å². The van der Waals surface area contributed by atoms with E-state index in [-0.39, 0.29) is 0 Å². The molecular formula is C9H6BrClS. The molecule has 1 aromatic heterocycles. The summed E-state index contributed by atoms with van der Waals surface area (Å²) in [5, 5.41) is 4.21. The molecule has 0 N–H and O–H groups in total. The molecule has 3 heteroatoms. The SMILES string of the molecule is Cc1csc2c(Cl)c(Br)ccc12. The summed E-state index contributed by atoms with van der Waals surface area (Å²) in [5.41, 5.74) is 1.30. The molecule has 1 aromatic carbocycles. The van der Waals surface area contributed by atoms with Gasteiger partial charge in [0.1, 0.15) is 0 Å². The average molecular weight is 262 g/mol. The van der Waals surface area contributed by atoms with E-state index in [0.717, 1.165) is 9.50 Å². The van der Waals surface area contributed by atoms with E-state index in [1.54, 1.807) is 11.3 Å². The van der Waals surface area contributed by atoms with Gasteiger partial charge in [-0.3, -0.25) is 0 Å². The second-order valence-electron chi connectivity index (χ2n) is 2.66. The molecule has 2 rings (SSSR count). The van der Waals surface area contributed by atoms with E-state index in [4.69, 9.17) is 11.6 Å². The fourth-order valence-electron chi connectivity index (χ4n) is 1.17. The maximum Gasteiger partial charge on any atom is 0.0726 e. The molecule has 0 fully saturated rings. The molecule has 0 amide bonds. The van der Waals surface area contributed by atoms with Crippen molar-refractivity contribution in [2.45, 2.75) is 6.92 Å². The van der Waals surface area contributed by atoms with E-state index in [2.05, 4.69) is 34.3 Å². The van der Waals surface area contributed by atoms with Crippen LogP contribution >= 0.6 is 38.9 Å². The van der Waals surface area contributed by atoms with E-state index in [9.17, 15) is 0 Å². The first-order chi connectivity index (χ1) is 5.70. The van der Waals surface area contributed by atoms with Crippen molar-refractivity contribution in [3.05, 3.63) is 32.6 Å². The number of fused-ring (bicyclic) bond motifs is 1. The van der Waals surface area contributed by atoms with Crippen molar-refractivity contribution >= 4 is 49.0 Å². The maximum atomic E-state index is 6.10. The molecule has 0 saturated carbocycles.